The number of hydrogen-bond donors (Lipinski definition) is 1. The molecule has 2 amide bonds. The molecule has 0 aliphatic carbocycles. The van der Waals surface area contributed by atoms with Crippen molar-refractivity contribution < 1.29 is 28.6 Å². The second-order valence-corrected chi connectivity index (χ2v) is 6.70. The lowest BCUT2D eigenvalue weighted by Crippen LogP contribution is -2.48. The number of likely N-dealkylation sites (tertiary alicyclic amines) is 1. The third-order valence-electron chi connectivity index (χ3n) is 5.08. The smallest absolute Gasteiger partial charge is 0.344 e. The number of ether oxygens (including phenoxy) is 3. The highest BCUT2D eigenvalue weighted by Crippen LogP contribution is 2.45. The van der Waals surface area contributed by atoms with Crippen molar-refractivity contribution in [3.8, 4) is 11.5 Å². The summed E-state index contributed by atoms with van der Waals surface area (Å²) < 4.78 is 16.0. The van der Waals surface area contributed by atoms with E-state index in [1.807, 2.05) is 13.8 Å². The molecule has 2 aliphatic rings. The zero-order valence-corrected chi connectivity index (χ0v) is 15.9. The van der Waals surface area contributed by atoms with Gasteiger partial charge in [-0.1, -0.05) is 6.92 Å². The van der Waals surface area contributed by atoms with Crippen LogP contribution in [-0.4, -0.2) is 49.0 Å². The Morgan fingerprint density at radius 2 is 2.07 bits per heavy atom. The second-order valence-electron chi connectivity index (χ2n) is 6.70. The van der Waals surface area contributed by atoms with E-state index in [1.54, 1.807) is 12.1 Å². The van der Waals surface area contributed by atoms with E-state index in [2.05, 4.69) is 5.32 Å². The first-order chi connectivity index (χ1) is 12.9. The summed E-state index contributed by atoms with van der Waals surface area (Å²) in [5.41, 5.74) is 0.719. The summed E-state index contributed by atoms with van der Waals surface area (Å²) in [6.07, 6.45) is 0.451. The summed E-state index contributed by atoms with van der Waals surface area (Å²) in [4.78, 5) is 39.0. The quantitative estimate of drug-likeness (QED) is 0.761. The Kier molecular flexibility index (Phi) is 5.25. The lowest BCUT2D eigenvalue weighted by atomic mass is 10.0. The molecule has 1 aromatic carbocycles. The summed E-state index contributed by atoms with van der Waals surface area (Å²) in [7, 11) is 2.91. The van der Waals surface area contributed by atoms with Gasteiger partial charge < -0.3 is 19.5 Å². The van der Waals surface area contributed by atoms with Gasteiger partial charge in [-0.2, -0.15) is 0 Å². The van der Waals surface area contributed by atoms with E-state index in [-0.39, 0.29) is 35.6 Å². The molecule has 2 aliphatic heterocycles. The number of nitrogens with one attached hydrogen (secondary N) is 1. The third-order valence-corrected chi connectivity index (χ3v) is 5.08. The SMILES string of the molecule is CC[C@H](C)NC(=O)[C@H]1CCC(=O)N1[C@@H]1OC(=O)c2c1ccc(OC)c2OC. The van der Waals surface area contributed by atoms with Gasteiger partial charge in [0.15, 0.2) is 11.5 Å². The number of carbonyl (C=O) groups excluding carboxylic acids is 3. The van der Waals surface area contributed by atoms with Gasteiger partial charge in [-0.25, -0.2) is 4.79 Å². The molecule has 8 heteroatoms. The molecule has 3 atom stereocenters. The highest BCUT2D eigenvalue weighted by Gasteiger charge is 2.47. The Hall–Kier alpha value is -2.77. The Bertz CT molecular complexity index is 778. The number of fused-ring (bicyclic) bond motifs is 1. The zero-order valence-electron chi connectivity index (χ0n) is 15.9. The number of carbonyl (C=O) groups is 3. The van der Waals surface area contributed by atoms with Crippen LogP contribution in [0.4, 0.5) is 0 Å². The largest absolute Gasteiger partial charge is 0.493 e. The van der Waals surface area contributed by atoms with E-state index in [0.717, 1.165) is 6.42 Å². The second kappa shape index (κ2) is 7.46. The third kappa shape index (κ3) is 3.20. The molecule has 2 heterocycles. The molecule has 0 radical (unpaired) electrons. The van der Waals surface area contributed by atoms with E-state index in [0.29, 0.717) is 17.7 Å². The first-order valence-corrected chi connectivity index (χ1v) is 9.00. The summed E-state index contributed by atoms with van der Waals surface area (Å²) in [6.45, 7) is 3.87. The molecule has 8 nitrogen and oxygen atoms in total. The van der Waals surface area contributed by atoms with Crippen molar-refractivity contribution in [2.24, 2.45) is 0 Å². The lowest BCUT2D eigenvalue weighted by molar-refractivity contribution is -0.146. The molecule has 1 N–H and O–H groups in total. The van der Waals surface area contributed by atoms with Crippen molar-refractivity contribution in [2.75, 3.05) is 14.2 Å². The number of amides is 2. The number of hydrogen-bond acceptors (Lipinski definition) is 6. The Labute approximate surface area is 157 Å². The number of nitrogens with zero attached hydrogens (tertiary/aromatic N) is 1. The molecule has 0 aromatic heterocycles. The molecular formula is C19H24N2O6. The molecule has 0 saturated carbocycles. The van der Waals surface area contributed by atoms with Gasteiger partial charge in [-0.15, -0.1) is 0 Å². The van der Waals surface area contributed by atoms with Gasteiger partial charge in [-0.05, 0) is 31.9 Å². The van der Waals surface area contributed by atoms with Crippen molar-refractivity contribution in [3.63, 3.8) is 0 Å². The minimum absolute atomic E-state index is 0.00202. The van der Waals surface area contributed by atoms with Gasteiger partial charge in [0.25, 0.3) is 0 Å². The van der Waals surface area contributed by atoms with Crippen molar-refractivity contribution in [3.05, 3.63) is 23.3 Å². The van der Waals surface area contributed by atoms with Crippen molar-refractivity contribution >= 4 is 17.8 Å². The van der Waals surface area contributed by atoms with Crippen molar-refractivity contribution in [1.82, 2.24) is 10.2 Å². The highest BCUT2D eigenvalue weighted by atomic mass is 16.6. The van der Waals surface area contributed by atoms with Crippen LogP contribution in [0.15, 0.2) is 12.1 Å². The molecule has 0 unspecified atom stereocenters. The molecule has 1 aromatic rings. The monoisotopic (exact) mass is 376 g/mol. The van der Waals surface area contributed by atoms with Gasteiger partial charge in [0, 0.05) is 18.0 Å². The number of cyclic esters (lactones) is 1. The Morgan fingerprint density at radius 3 is 2.70 bits per heavy atom. The molecular weight excluding hydrogens is 352 g/mol. The molecule has 3 rings (SSSR count). The molecule has 146 valence electrons. The van der Waals surface area contributed by atoms with Crippen molar-refractivity contribution in [2.45, 2.75) is 51.4 Å². The van der Waals surface area contributed by atoms with Crippen LogP contribution in [0.3, 0.4) is 0 Å². The molecule has 1 saturated heterocycles. The maximum absolute atomic E-state index is 12.7. The standard InChI is InChI=1S/C19H24N2O6/c1-5-10(2)20-17(23)12-7-9-14(22)21(12)18-11-6-8-13(25-3)16(26-4)15(11)19(24)27-18/h6,8,10,12,18H,5,7,9H2,1-4H3,(H,20,23)/t10-,12+,18+/m0/s1. The van der Waals surface area contributed by atoms with Crippen LogP contribution in [0, 0.1) is 0 Å². The van der Waals surface area contributed by atoms with Crippen LogP contribution in [0.5, 0.6) is 11.5 Å². The Balaban J connectivity index is 1.96. The van der Waals surface area contributed by atoms with E-state index < -0.39 is 18.2 Å². The maximum atomic E-state index is 12.7. The molecule has 0 spiro atoms. The number of benzene rings is 1. The van der Waals surface area contributed by atoms with E-state index >= 15 is 0 Å². The van der Waals surface area contributed by atoms with Gasteiger partial charge in [-0.3, -0.25) is 14.5 Å². The van der Waals surface area contributed by atoms with Gasteiger partial charge in [0.05, 0.1) is 14.2 Å². The fraction of sp³-hybridized carbons (Fsp3) is 0.526. The summed E-state index contributed by atoms with van der Waals surface area (Å²) in [5, 5.41) is 2.90. The average Bonchev–Trinajstić information content (AvgIpc) is 3.20. The first kappa shape index (κ1) is 19.0. The topological polar surface area (TPSA) is 94.2 Å². The summed E-state index contributed by atoms with van der Waals surface area (Å²) >= 11 is 0. The first-order valence-electron chi connectivity index (χ1n) is 9.00. The maximum Gasteiger partial charge on any atom is 0.344 e. The predicted molar refractivity (Wildman–Crippen MR) is 95.5 cm³/mol. The highest BCUT2D eigenvalue weighted by molar-refractivity contribution is 5.99. The fourth-order valence-corrected chi connectivity index (χ4v) is 3.48. The van der Waals surface area contributed by atoms with Crippen LogP contribution in [0.1, 0.15) is 55.3 Å². The van der Waals surface area contributed by atoms with Crippen LogP contribution in [-0.2, 0) is 14.3 Å². The van der Waals surface area contributed by atoms with Crippen LogP contribution < -0.4 is 14.8 Å². The van der Waals surface area contributed by atoms with Crippen molar-refractivity contribution in [1.29, 1.82) is 0 Å². The van der Waals surface area contributed by atoms with Crippen LogP contribution in [0.2, 0.25) is 0 Å². The minimum Gasteiger partial charge on any atom is -0.493 e. The molecule has 1 fully saturated rings. The van der Waals surface area contributed by atoms with E-state index in [4.69, 9.17) is 14.2 Å². The average molecular weight is 376 g/mol. The summed E-state index contributed by atoms with van der Waals surface area (Å²) in [5.74, 6) is -0.408. The lowest BCUT2D eigenvalue weighted by Gasteiger charge is -2.30. The normalized spacial score (nSPS) is 22.3. The number of methoxy groups -OCH3 is 2. The fourth-order valence-electron chi connectivity index (χ4n) is 3.48. The van der Waals surface area contributed by atoms with Gasteiger partial charge in [0.2, 0.25) is 18.0 Å². The predicted octanol–water partition coefficient (Wildman–Crippen LogP) is 1.78. The van der Waals surface area contributed by atoms with E-state index in [1.165, 1.54) is 19.1 Å². The van der Waals surface area contributed by atoms with E-state index in [9.17, 15) is 14.4 Å². The Morgan fingerprint density at radius 1 is 1.33 bits per heavy atom. The summed E-state index contributed by atoms with van der Waals surface area (Å²) in [6, 6.07) is 2.64. The van der Waals surface area contributed by atoms with Gasteiger partial charge in [0.1, 0.15) is 11.6 Å². The minimum atomic E-state index is -0.949. The molecule has 0 bridgehead atoms. The van der Waals surface area contributed by atoms with Gasteiger partial charge >= 0.3 is 5.97 Å². The number of rotatable bonds is 6. The van der Waals surface area contributed by atoms with Crippen LogP contribution in [0.25, 0.3) is 0 Å². The molecule has 27 heavy (non-hydrogen) atoms. The zero-order chi connectivity index (χ0) is 19.7. The number of esters is 1. The van der Waals surface area contributed by atoms with Crippen LogP contribution >= 0.6 is 0 Å².